The third-order valence-electron chi connectivity index (χ3n) is 2.72. The van der Waals surface area contributed by atoms with Gasteiger partial charge in [0.1, 0.15) is 0 Å². The molecule has 3 unspecified atom stereocenters. The standard InChI is InChI=1S/C9H18O2/c1-3-11-6-8-4-5-9(10)7(8)2/h7-10H,3-6H2,1-2H3. The highest BCUT2D eigenvalue weighted by Crippen LogP contribution is 2.31. The number of hydrogen-bond acceptors (Lipinski definition) is 2. The largest absolute Gasteiger partial charge is 0.393 e. The summed E-state index contributed by atoms with van der Waals surface area (Å²) in [5.41, 5.74) is 0. The zero-order valence-corrected chi connectivity index (χ0v) is 7.42. The van der Waals surface area contributed by atoms with Gasteiger partial charge in [0.2, 0.25) is 0 Å². The monoisotopic (exact) mass is 158 g/mol. The maximum absolute atomic E-state index is 9.41. The predicted octanol–water partition coefficient (Wildman–Crippen LogP) is 1.43. The molecule has 1 fully saturated rings. The van der Waals surface area contributed by atoms with E-state index in [0.717, 1.165) is 26.1 Å². The van der Waals surface area contributed by atoms with E-state index >= 15 is 0 Å². The van der Waals surface area contributed by atoms with Crippen LogP contribution >= 0.6 is 0 Å². The van der Waals surface area contributed by atoms with Gasteiger partial charge in [0.25, 0.3) is 0 Å². The molecule has 1 rings (SSSR count). The first-order valence-electron chi connectivity index (χ1n) is 4.51. The first kappa shape index (κ1) is 9.01. The lowest BCUT2D eigenvalue weighted by molar-refractivity contribution is 0.0712. The Morgan fingerprint density at radius 2 is 2.18 bits per heavy atom. The minimum absolute atomic E-state index is 0.0829. The van der Waals surface area contributed by atoms with Gasteiger partial charge in [-0.05, 0) is 31.6 Å². The lowest BCUT2D eigenvalue weighted by Gasteiger charge is -2.16. The van der Waals surface area contributed by atoms with Gasteiger partial charge in [-0.3, -0.25) is 0 Å². The molecule has 0 aromatic carbocycles. The Hall–Kier alpha value is -0.0800. The van der Waals surface area contributed by atoms with Crippen LogP contribution in [-0.4, -0.2) is 24.4 Å². The van der Waals surface area contributed by atoms with E-state index in [0.29, 0.717) is 11.8 Å². The molecule has 0 bridgehead atoms. The van der Waals surface area contributed by atoms with Crippen molar-refractivity contribution in [3.8, 4) is 0 Å². The molecule has 1 aliphatic rings. The summed E-state index contributed by atoms with van der Waals surface area (Å²) in [6.07, 6.45) is 2.00. The molecule has 3 atom stereocenters. The van der Waals surface area contributed by atoms with Crippen LogP contribution in [0.1, 0.15) is 26.7 Å². The van der Waals surface area contributed by atoms with Crippen LogP contribution in [0.3, 0.4) is 0 Å². The average molecular weight is 158 g/mol. The number of hydrogen-bond donors (Lipinski definition) is 1. The van der Waals surface area contributed by atoms with Gasteiger partial charge in [-0.15, -0.1) is 0 Å². The number of ether oxygens (including phenoxy) is 1. The summed E-state index contributed by atoms with van der Waals surface area (Å²) in [7, 11) is 0. The average Bonchev–Trinajstić information content (AvgIpc) is 2.31. The van der Waals surface area contributed by atoms with Crippen molar-refractivity contribution in [3.63, 3.8) is 0 Å². The molecular weight excluding hydrogens is 140 g/mol. The highest BCUT2D eigenvalue weighted by molar-refractivity contribution is 4.81. The molecule has 1 saturated carbocycles. The van der Waals surface area contributed by atoms with Crippen LogP contribution in [0.25, 0.3) is 0 Å². The first-order valence-corrected chi connectivity index (χ1v) is 4.51. The van der Waals surface area contributed by atoms with Gasteiger partial charge < -0.3 is 9.84 Å². The van der Waals surface area contributed by atoms with Crippen LogP contribution in [0.2, 0.25) is 0 Å². The van der Waals surface area contributed by atoms with E-state index in [4.69, 9.17) is 4.74 Å². The molecule has 0 heterocycles. The molecular formula is C9H18O2. The predicted molar refractivity (Wildman–Crippen MR) is 44.4 cm³/mol. The molecule has 2 heteroatoms. The van der Waals surface area contributed by atoms with Gasteiger partial charge in [-0.2, -0.15) is 0 Å². The summed E-state index contributed by atoms with van der Waals surface area (Å²) >= 11 is 0. The molecule has 0 aromatic rings. The van der Waals surface area contributed by atoms with Gasteiger partial charge in [0.15, 0.2) is 0 Å². The van der Waals surface area contributed by atoms with Gasteiger partial charge in [0.05, 0.1) is 6.10 Å². The van der Waals surface area contributed by atoms with Crippen molar-refractivity contribution in [3.05, 3.63) is 0 Å². The quantitative estimate of drug-likeness (QED) is 0.673. The zero-order valence-electron chi connectivity index (χ0n) is 7.42. The Labute approximate surface area is 68.6 Å². The van der Waals surface area contributed by atoms with Crippen molar-refractivity contribution in [2.24, 2.45) is 11.8 Å². The molecule has 0 radical (unpaired) electrons. The topological polar surface area (TPSA) is 29.5 Å². The molecule has 0 saturated heterocycles. The molecule has 2 nitrogen and oxygen atoms in total. The van der Waals surface area contributed by atoms with Crippen molar-refractivity contribution >= 4 is 0 Å². The van der Waals surface area contributed by atoms with E-state index < -0.39 is 0 Å². The summed E-state index contributed by atoms with van der Waals surface area (Å²) in [5, 5.41) is 9.41. The van der Waals surface area contributed by atoms with Crippen LogP contribution in [0.5, 0.6) is 0 Å². The molecule has 0 aromatic heterocycles. The summed E-state index contributed by atoms with van der Waals surface area (Å²) in [6, 6.07) is 0. The molecule has 11 heavy (non-hydrogen) atoms. The van der Waals surface area contributed by atoms with Crippen molar-refractivity contribution in [1.29, 1.82) is 0 Å². The lowest BCUT2D eigenvalue weighted by atomic mass is 9.98. The fourth-order valence-corrected chi connectivity index (χ4v) is 1.73. The summed E-state index contributed by atoms with van der Waals surface area (Å²) in [6.45, 7) is 5.74. The number of aliphatic hydroxyl groups excluding tert-OH is 1. The minimum Gasteiger partial charge on any atom is -0.393 e. The molecule has 0 amide bonds. The molecule has 66 valence electrons. The minimum atomic E-state index is -0.0829. The van der Waals surface area contributed by atoms with Crippen LogP contribution in [0.15, 0.2) is 0 Å². The summed E-state index contributed by atoms with van der Waals surface area (Å²) in [5.74, 6) is 1.02. The Kier molecular flexibility index (Phi) is 3.34. The zero-order chi connectivity index (χ0) is 8.27. The van der Waals surface area contributed by atoms with Crippen molar-refractivity contribution in [2.75, 3.05) is 13.2 Å². The Morgan fingerprint density at radius 3 is 2.64 bits per heavy atom. The lowest BCUT2D eigenvalue weighted by Crippen LogP contribution is -2.19. The fourth-order valence-electron chi connectivity index (χ4n) is 1.73. The van der Waals surface area contributed by atoms with Crippen molar-refractivity contribution in [2.45, 2.75) is 32.8 Å². The third kappa shape index (κ3) is 2.17. The van der Waals surface area contributed by atoms with E-state index in [-0.39, 0.29) is 6.10 Å². The fraction of sp³-hybridized carbons (Fsp3) is 1.00. The van der Waals surface area contributed by atoms with Gasteiger partial charge in [-0.25, -0.2) is 0 Å². The van der Waals surface area contributed by atoms with Crippen LogP contribution < -0.4 is 0 Å². The van der Waals surface area contributed by atoms with E-state index in [2.05, 4.69) is 6.92 Å². The van der Waals surface area contributed by atoms with Crippen molar-refractivity contribution in [1.82, 2.24) is 0 Å². The Morgan fingerprint density at radius 1 is 1.45 bits per heavy atom. The highest BCUT2D eigenvalue weighted by Gasteiger charge is 2.30. The maximum atomic E-state index is 9.41. The highest BCUT2D eigenvalue weighted by atomic mass is 16.5. The first-order chi connectivity index (χ1) is 5.25. The molecule has 1 N–H and O–H groups in total. The van der Waals surface area contributed by atoms with Gasteiger partial charge in [0, 0.05) is 13.2 Å². The summed E-state index contributed by atoms with van der Waals surface area (Å²) < 4.78 is 5.33. The van der Waals surface area contributed by atoms with E-state index in [1.54, 1.807) is 0 Å². The van der Waals surface area contributed by atoms with E-state index in [9.17, 15) is 5.11 Å². The Balaban J connectivity index is 2.24. The smallest absolute Gasteiger partial charge is 0.0569 e. The second kappa shape index (κ2) is 4.07. The van der Waals surface area contributed by atoms with Crippen molar-refractivity contribution < 1.29 is 9.84 Å². The SMILES string of the molecule is CCOCC1CCC(O)C1C. The number of aliphatic hydroxyl groups is 1. The summed E-state index contributed by atoms with van der Waals surface area (Å²) in [4.78, 5) is 0. The van der Waals surface area contributed by atoms with Crippen LogP contribution in [-0.2, 0) is 4.74 Å². The second-order valence-corrected chi connectivity index (χ2v) is 3.42. The maximum Gasteiger partial charge on any atom is 0.0569 e. The number of rotatable bonds is 3. The van der Waals surface area contributed by atoms with E-state index in [1.807, 2.05) is 6.92 Å². The molecule has 0 spiro atoms. The Bertz CT molecular complexity index is 114. The van der Waals surface area contributed by atoms with Crippen LogP contribution in [0, 0.1) is 11.8 Å². The second-order valence-electron chi connectivity index (χ2n) is 3.42. The van der Waals surface area contributed by atoms with E-state index in [1.165, 1.54) is 0 Å². The third-order valence-corrected chi connectivity index (χ3v) is 2.72. The molecule has 1 aliphatic carbocycles. The van der Waals surface area contributed by atoms with Gasteiger partial charge >= 0.3 is 0 Å². The molecule has 0 aliphatic heterocycles. The van der Waals surface area contributed by atoms with Crippen LogP contribution in [0.4, 0.5) is 0 Å². The normalized spacial score (nSPS) is 37.9. The van der Waals surface area contributed by atoms with Gasteiger partial charge in [-0.1, -0.05) is 6.92 Å².